The van der Waals surface area contributed by atoms with Gasteiger partial charge in [-0.1, -0.05) is 40.2 Å². The van der Waals surface area contributed by atoms with Crippen LogP contribution in [0.4, 0.5) is 10.5 Å². The monoisotopic (exact) mass is 478 g/mol. The molecule has 3 aromatic rings. The van der Waals surface area contributed by atoms with E-state index in [1.54, 1.807) is 60.7 Å². The molecule has 0 bridgehead atoms. The molecule has 0 spiro atoms. The Hall–Kier alpha value is -3.78. The molecule has 1 aliphatic rings. The number of rotatable bonds is 4. The summed E-state index contributed by atoms with van der Waals surface area (Å²) in [4.78, 5) is 49.8. The Morgan fingerprint density at radius 3 is 2.29 bits per heavy atom. The van der Waals surface area contributed by atoms with Crippen molar-refractivity contribution >= 4 is 51.3 Å². The molecule has 0 atom stereocenters. The van der Waals surface area contributed by atoms with Gasteiger partial charge in [0, 0.05) is 15.6 Å². The Morgan fingerprint density at radius 1 is 0.968 bits per heavy atom. The number of hydrogen-bond acceptors (Lipinski definition) is 5. The number of furan rings is 1. The molecule has 0 aliphatic carbocycles. The smallest absolute Gasteiger partial charge is 0.335 e. The van der Waals surface area contributed by atoms with E-state index in [0.717, 1.165) is 14.9 Å². The van der Waals surface area contributed by atoms with Gasteiger partial charge in [0.1, 0.15) is 17.1 Å². The van der Waals surface area contributed by atoms with E-state index in [2.05, 4.69) is 21.2 Å². The van der Waals surface area contributed by atoms with Gasteiger partial charge in [-0.3, -0.25) is 19.7 Å². The van der Waals surface area contributed by atoms with E-state index < -0.39 is 17.8 Å². The van der Waals surface area contributed by atoms with Crippen molar-refractivity contribution < 1.29 is 23.6 Å². The van der Waals surface area contributed by atoms with Crippen molar-refractivity contribution in [2.24, 2.45) is 0 Å². The molecule has 4 rings (SSSR count). The van der Waals surface area contributed by atoms with E-state index >= 15 is 0 Å². The summed E-state index contributed by atoms with van der Waals surface area (Å²) in [5, 5.41) is 2.17. The third kappa shape index (κ3) is 4.10. The van der Waals surface area contributed by atoms with Crippen LogP contribution in [-0.2, 0) is 9.59 Å². The zero-order valence-electron chi connectivity index (χ0n) is 16.2. The van der Waals surface area contributed by atoms with Gasteiger partial charge < -0.3 is 4.42 Å². The van der Waals surface area contributed by atoms with Crippen molar-refractivity contribution in [2.45, 2.75) is 6.92 Å². The van der Waals surface area contributed by atoms with Crippen molar-refractivity contribution in [1.29, 1.82) is 0 Å². The van der Waals surface area contributed by atoms with Crippen molar-refractivity contribution in [3.63, 3.8) is 0 Å². The van der Waals surface area contributed by atoms with E-state index in [9.17, 15) is 19.2 Å². The molecule has 1 N–H and O–H groups in total. The summed E-state index contributed by atoms with van der Waals surface area (Å²) in [5.41, 5.74) is 1.42. The van der Waals surface area contributed by atoms with Gasteiger partial charge in [0.05, 0.1) is 5.69 Å². The average Bonchev–Trinajstić information content (AvgIpc) is 3.21. The number of urea groups is 1. The molecular formula is C23H15BrN2O5. The number of anilines is 1. The molecular weight excluding hydrogens is 464 g/mol. The number of halogens is 1. The van der Waals surface area contributed by atoms with Crippen LogP contribution in [0.1, 0.15) is 23.0 Å². The SMILES string of the molecule is CC(=O)c1ccc(-c2ccc(/C=C3\C(=O)NC(=O)N(c4ccc(Br)cc4)C3=O)o2)cc1. The molecule has 8 heteroatoms. The first kappa shape index (κ1) is 20.5. The number of carbonyl (C=O) groups is 4. The largest absolute Gasteiger partial charge is 0.457 e. The maximum atomic E-state index is 12.9. The summed E-state index contributed by atoms with van der Waals surface area (Å²) in [6.07, 6.45) is 1.30. The molecule has 1 aromatic heterocycles. The van der Waals surface area contributed by atoms with Gasteiger partial charge in [0.25, 0.3) is 11.8 Å². The summed E-state index contributed by atoms with van der Waals surface area (Å²) < 4.78 is 6.53. The summed E-state index contributed by atoms with van der Waals surface area (Å²) in [6, 6.07) is 15.9. The molecule has 4 amide bonds. The maximum Gasteiger partial charge on any atom is 0.335 e. The normalized spacial score (nSPS) is 15.4. The molecule has 0 unspecified atom stereocenters. The number of amides is 4. The highest BCUT2D eigenvalue weighted by atomic mass is 79.9. The average molecular weight is 479 g/mol. The van der Waals surface area contributed by atoms with Gasteiger partial charge in [-0.05, 0) is 49.4 Å². The second-order valence-electron chi connectivity index (χ2n) is 6.77. The molecule has 1 saturated heterocycles. The van der Waals surface area contributed by atoms with Crippen LogP contribution in [0.3, 0.4) is 0 Å². The van der Waals surface area contributed by atoms with Crippen LogP contribution in [0.2, 0.25) is 0 Å². The molecule has 31 heavy (non-hydrogen) atoms. The lowest BCUT2D eigenvalue weighted by atomic mass is 10.1. The van der Waals surface area contributed by atoms with Crippen LogP contribution in [0.25, 0.3) is 17.4 Å². The van der Waals surface area contributed by atoms with Gasteiger partial charge in [0.15, 0.2) is 5.78 Å². The number of hydrogen-bond donors (Lipinski definition) is 1. The highest BCUT2D eigenvalue weighted by Crippen LogP contribution is 2.26. The lowest BCUT2D eigenvalue weighted by Gasteiger charge is -2.26. The predicted octanol–water partition coefficient (Wildman–Crippen LogP) is 4.58. The number of imide groups is 2. The number of barbiturate groups is 1. The lowest BCUT2D eigenvalue weighted by Crippen LogP contribution is -2.54. The third-order valence-electron chi connectivity index (χ3n) is 4.68. The topological polar surface area (TPSA) is 96.7 Å². The van der Waals surface area contributed by atoms with E-state index in [4.69, 9.17) is 4.42 Å². The number of Topliss-reactive ketones (excluding diaryl/α,β-unsaturated/α-hetero) is 1. The van der Waals surface area contributed by atoms with E-state index in [0.29, 0.717) is 17.0 Å². The number of nitrogens with zero attached hydrogens (tertiary/aromatic N) is 1. The fraction of sp³-hybridized carbons (Fsp3) is 0.0435. The minimum absolute atomic E-state index is 0.0388. The van der Waals surface area contributed by atoms with E-state index in [1.165, 1.54) is 13.0 Å². The van der Waals surface area contributed by atoms with Crippen LogP contribution in [0.15, 0.2) is 75.1 Å². The van der Waals surface area contributed by atoms with Crippen LogP contribution in [0.5, 0.6) is 0 Å². The summed E-state index contributed by atoms with van der Waals surface area (Å²) in [6.45, 7) is 1.49. The Labute approximate surface area is 185 Å². The Morgan fingerprint density at radius 2 is 1.65 bits per heavy atom. The third-order valence-corrected chi connectivity index (χ3v) is 5.20. The first-order valence-corrected chi connectivity index (χ1v) is 10.0. The van der Waals surface area contributed by atoms with Gasteiger partial charge in [-0.2, -0.15) is 0 Å². The number of ketones is 1. The second-order valence-corrected chi connectivity index (χ2v) is 7.69. The molecule has 0 radical (unpaired) electrons. The minimum atomic E-state index is -0.819. The van der Waals surface area contributed by atoms with Gasteiger partial charge in [-0.15, -0.1) is 0 Å². The fourth-order valence-corrected chi connectivity index (χ4v) is 3.34. The van der Waals surface area contributed by atoms with Crippen molar-refractivity contribution in [2.75, 3.05) is 4.90 Å². The van der Waals surface area contributed by atoms with E-state index in [-0.39, 0.29) is 17.1 Å². The van der Waals surface area contributed by atoms with Gasteiger partial charge in [0.2, 0.25) is 0 Å². The highest BCUT2D eigenvalue weighted by molar-refractivity contribution is 9.10. The van der Waals surface area contributed by atoms with Crippen LogP contribution in [0, 0.1) is 0 Å². The van der Waals surface area contributed by atoms with Gasteiger partial charge >= 0.3 is 6.03 Å². The molecule has 1 fully saturated rings. The highest BCUT2D eigenvalue weighted by Gasteiger charge is 2.37. The standard InChI is InChI=1S/C23H15BrN2O5/c1-13(27)14-2-4-15(5-3-14)20-11-10-18(31-20)12-19-21(28)25-23(30)26(22(19)29)17-8-6-16(24)7-9-17/h2-12H,1H3,(H,25,28,30)/b19-12+. The number of nitrogens with one attached hydrogen (secondary N) is 1. The first-order valence-electron chi connectivity index (χ1n) is 9.22. The number of carbonyl (C=O) groups excluding carboxylic acids is 4. The lowest BCUT2D eigenvalue weighted by molar-refractivity contribution is -0.122. The number of benzene rings is 2. The van der Waals surface area contributed by atoms with Gasteiger partial charge in [-0.25, -0.2) is 9.69 Å². The quantitative estimate of drug-likeness (QED) is 0.336. The van der Waals surface area contributed by atoms with Crippen LogP contribution >= 0.6 is 15.9 Å². The zero-order valence-corrected chi connectivity index (χ0v) is 17.8. The molecule has 2 heterocycles. The summed E-state index contributed by atoms with van der Waals surface area (Å²) >= 11 is 3.30. The molecule has 7 nitrogen and oxygen atoms in total. The zero-order chi connectivity index (χ0) is 22.1. The predicted molar refractivity (Wildman–Crippen MR) is 117 cm³/mol. The van der Waals surface area contributed by atoms with Crippen molar-refractivity contribution in [3.8, 4) is 11.3 Å². The Kier molecular flexibility index (Phi) is 5.39. The Balaban J connectivity index is 1.63. The fourth-order valence-electron chi connectivity index (χ4n) is 3.08. The first-order chi connectivity index (χ1) is 14.8. The molecule has 1 aliphatic heterocycles. The van der Waals surface area contributed by atoms with Crippen LogP contribution in [-0.4, -0.2) is 23.6 Å². The van der Waals surface area contributed by atoms with Crippen molar-refractivity contribution in [3.05, 3.63) is 82.0 Å². The van der Waals surface area contributed by atoms with Crippen LogP contribution < -0.4 is 10.2 Å². The Bertz CT molecular complexity index is 1240. The molecule has 0 saturated carbocycles. The van der Waals surface area contributed by atoms with Crippen molar-refractivity contribution in [1.82, 2.24) is 5.32 Å². The molecule has 2 aromatic carbocycles. The maximum absolute atomic E-state index is 12.9. The summed E-state index contributed by atoms with van der Waals surface area (Å²) in [7, 11) is 0. The summed E-state index contributed by atoms with van der Waals surface area (Å²) in [5.74, 6) is -0.809. The second kappa shape index (κ2) is 8.16. The minimum Gasteiger partial charge on any atom is -0.457 e. The van der Waals surface area contributed by atoms with E-state index in [1.807, 2.05) is 0 Å². The molecule has 154 valence electrons.